The number of nitrogens with one attached hydrogen (secondary N) is 1. The quantitative estimate of drug-likeness (QED) is 0.306. The van der Waals surface area contributed by atoms with Crippen molar-refractivity contribution in [1.29, 1.82) is 0 Å². The maximum absolute atomic E-state index is 13.9. The van der Waals surface area contributed by atoms with Gasteiger partial charge in [0.05, 0.1) is 23.2 Å². The summed E-state index contributed by atoms with van der Waals surface area (Å²) in [4.78, 5) is 31.4. The number of fused-ring (bicyclic) bond motifs is 1. The van der Waals surface area contributed by atoms with E-state index in [2.05, 4.69) is 38.9 Å². The van der Waals surface area contributed by atoms with Crippen LogP contribution in [0.3, 0.4) is 0 Å². The first-order valence-electron chi connectivity index (χ1n) is 12.3. The van der Waals surface area contributed by atoms with Crippen molar-refractivity contribution in [3.63, 3.8) is 0 Å². The van der Waals surface area contributed by atoms with Gasteiger partial charge in [-0.15, -0.1) is 0 Å². The third-order valence-corrected chi connectivity index (χ3v) is 6.43. The van der Waals surface area contributed by atoms with Crippen LogP contribution in [0.4, 0.5) is 11.6 Å². The first-order chi connectivity index (χ1) is 18.3. The lowest BCUT2D eigenvalue weighted by Crippen LogP contribution is -2.32. The minimum atomic E-state index is -0.485. The van der Waals surface area contributed by atoms with Crippen molar-refractivity contribution in [3.8, 4) is 11.8 Å². The van der Waals surface area contributed by atoms with E-state index in [1.165, 1.54) is 17.0 Å². The largest absolute Gasteiger partial charge is 0.381 e. The molecular weight excluding hydrogens is 480 g/mol. The minimum Gasteiger partial charge on any atom is -0.381 e. The lowest BCUT2D eigenvalue weighted by molar-refractivity contribution is 0.0940. The standard InChI is InChI=1S/C28H28N8O2/c1-5-13-30-26-24(25(29)33-35(26)4)27(37)32-17(2)22-14-20-8-6-7-19(10-9-18-15-31-34(3)16-18)23(20)28(38)36(22)21-11-12-21/h5-8,13-17,21H,1,11-12H2,2-4H3,(H2,29,33)(H,32,37)/b30-13-. The number of nitrogens with zero attached hydrogens (tertiary/aromatic N) is 6. The zero-order chi connectivity index (χ0) is 27.0. The maximum Gasteiger partial charge on any atom is 0.260 e. The van der Waals surface area contributed by atoms with E-state index in [9.17, 15) is 9.59 Å². The van der Waals surface area contributed by atoms with Gasteiger partial charge in [0.2, 0.25) is 0 Å². The molecule has 10 heteroatoms. The van der Waals surface area contributed by atoms with Crippen LogP contribution in [0, 0.1) is 11.8 Å². The Morgan fingerprint density at radius 2 is 2.11 bits per heavy atom. The SMILES string of the molecule is C=C/C=N\c1c(C(=O)NC(C)c2cc3cccc(C#Cc4cnn(C)c4)c3c(=O)n2C2CC2)c(N)nn1C. The highest BCUT2D eigenvalue weighted by atomic mass is 16.2. The number of aliphatic imine (C=N–C) groups is 1. The Labute approximate surface area is 219 Å². The van der Waals surface area contributed by atoms with Crippen LogP contribution in [0.25, 0.3) is 10.8 Å². The zero-order valence-corrected chi connectivity index (χ0v) is 21.5. The molecule has 0 radical (unpaired) electrons. The number of aromatic nitrogens is 5. The molecule has 1 aromatic carbocycles. The van der Waals surface area contributed by atoms with E-state index in [1.807, 2.05) is 44.4 Å². The second-order valence-corrected chi connectivity index (χ2v) is 9.31. The number of benzene rings is 1. The normalized spacial score (nSPS) is 13.9. The van der Waals surface area contributed by atoms with E-state index >= 15 is 0 Å². The molecule has 1 fully saturated rings. The van der Waals surface area contributed by atoms with Crippen molar-refractivity contribution in [2.75, 3.05) is 5.73 Å². The van der Waals surface area contributed by atoms with Gasteiger partial charge in [0.15, 0.2) is 11.6 Å². The number of hydrogen-bond acceptors (Lipinski definition) is 6. The molecule has 0 bridgehead atoms. The molecule has 10 nitrogen and oxygen atoms in total. The molecule has 0 aliphatic heterocycles. The van der Waals surface area contributed by atoms with E-state index < -0.39 is 11.9 Å². The molecule has 0 saturated heterocycles. The van der Waals surface area contributed by atoms with Gasteiger partial charge in [-0.1, -0.05) is 36.6 Å². The van der Waals surface area contributed by atoms with Gasteiger partial charge in [0, 0.05) is 43.8 Å². The Balaban J connectivity index is 1.55. The fourth-order valence-corrected chi connectivity index (χ4v) is 4.54. The van der Waals surface area contributed by atoms with Crippen molar-refractivity contribution < 1.29 is 4.79 Å². The predicted molar refractivity (Wildman–Crippen MR) is 148 cm³/mol. The van der Waals surface area contributed by atoms with Crippen LogP contribution in [0.5, 0.6) is 0 Å². The monoisotopic (exact) mass is 508 g/mol. The fourth-order valence-electron chi connectivity index (χ4n) is 4.54. The Kier molecular flexibility index (Phi) is 6.43. The van der Waals surface area contributed by atoms with Crippen LogP contribution in [-0.4, -0.2) is 36.2 Å². The number of amides is 1. The average Bonchev–Trinajstić information content (AvgIpc) is 3.56. The molecule has 38 heavy (non-hydrogen) atoms. The van der Waals surface area contributed by atoms with Gasteiger partial charge in [-0.25, -0.2) is 9.67 Å². The number of carbonyl (C=O) groups is 1. The smallest absolute Gasteiger partial charge is 0.260 e. The van der Waals surface area contributed by atoms with Crippen molar-refractivity contribution in [1.82, 2.24) is 29.4 Å². The summed E-state index contributed by atoms with van der Waals surface area (Å²) in [7, 11) is 3.49. The maximum atomic E-state index is 13.9. The minimum absolute atomic E-state index is 0.0725. The van der Waals surface area contributed by atoms with Gasteiger partial charge < -0.3 is 15.6 Å². The van der Waals surface area contributed by atoms with E-state index in [-0.39, 0.29) is 23.0 Å². The van der Waals surface area contributed by atoms with E-state index in [0.717, 1.165) is 23.8 Å². The summed E-state index contributed by atoms with van der Waals surface area (Å²) >= 11 is 0. The van der Waals surface area contributed by atoms with E-state index in [1.54, 1.807) is 22.5 Å². The Bertz CT molecular complexity index is 1720. The van der Waals surface area contributed by atoms with E-state index in [4.69, 9.17) is 5.73 Å². The van der Waals surface area contributed by atoms with Gasteiger partial charge in [0.1, 0.15) is 5.56 Å². The summed E-state index contributed by atoms with van der Waals surface area (Å²) in [6.45, 7) is 5.47. The highest BCUT2D eigenvalue weighted by Crippen LogP contribution is 2.37. The summed E-state index contributed by atoms with van der Waals surface area (Å²) in [5, 5.41) is 12.6. The molecule has 3 heterocycles. The van der Waals surface area contributed by atoms with Crippen LogP contribution < -0.4 is 16.6 Å². The van der Waals surface area contributed by atoms with Gasteiger partial charge in [-0.05, 0) is 37.3 Å². The molecular formula is C28H28N8O2. The lowest BCUT2D eigenvalue weighted by atomic mass is 10.0. The van der Waals surface area contributed by atoms with Crippen LogP contribution in [0.1, 0.15) is 59.0 Å². The number of hydrogen-bond donors (Lipinski definition) is 2. The molecule has 1 amide bonds. The first kappa shape index (κ1) is 24.8. The molecule has 192 valence electrons. The van der Waals surface area contributed by atoms with Gasteiger partial charge >= 0.3 is 0 Å². The van der Waals surface area contributed by atoms with Gasteiger partial charge in [0.25, 0.3) is 11.5 Å². The second-order valence-electron chi connectivity index (χ2n) is 9.31. The molecule has 1 unspecified atom stereocenters. The Morgan fingerprint density at radius 1 is 1.32 bits per heavy atom. The Hall–Kier alpha value is -4.91. The molecule has 5 rings (SSSR count). The third kappa shape index (κ3) is 4.62. The van der Waals surface area contributed by atoms with Crippen molar-refractivity contribution in [3.05, 3.63) is 82.1 Å². The summed E-state index contributed by atoms with van der Waals surface area (Å²) in [5.41, 5.74) is 8.24. The number of pyridine rings is 1. The van der Waals surface area contributed by atoms with Gasteiger partial charge in [-0.3, -0.25) is 14.3 Å². The zero-order valence-electron chi connectivity index (χ0n) is 21.5. The number of nitrogen functional groups attached to an aromatic ring is 1. The Morgan fingerprint density at radius 3 is 2.79 bits per heavy atom. The molecule has 3 aromatic heterocycles. The number of nitrogens with two attached hydrogens (primary N) is 1. The number of carbonyl (C=O) groups excluding carboxylic acids is 1. The number of aryl methyl sites for hydroxylation is 2. The number of anilines is 1. The molecule has 1 saturated carbocycles. The molecule has 1 aliphatic carbocycles. The second kappa shape index (κ2) is 9.86. The third-order valence-electron chi connectivity index (χ3n) is 6.43. The summed E-state index contributed by atoms with van der Waals surface area (Å²) in [6, 6.07) is 7.18. The molecule has 0 spiro atoms. The van der Waals surface area contributed by atoms with Crippen LogP contribution in [-0.2, 0) is 14.1 Å². The average molecular weight is 509 g/mol. The predicted octanol–water partition coefficient (Wildman–Crippen LogP) is 3.16. The highest BCUT2D eigenvalue weighted by Gasteiger charge is 2.31. The molecule has 3 N–H and O–H groups in total. The molecule has 1 aliphatic rings. The van der Waals surface area contributed by atoms with Crippen LogP contribution >= 0.6 is 0 Å². The van der Waals surface area contributed by atoms with Crippen LogP contribution in [0.15, 0.2) is 59.1 Å². The summed E-state index contributed by atoms with van der Waals surface area (Å²) in [6.07, 6.45) is 8.29. The fraction of sp³-hybridized carbons (Fsp3) is 0.250. The lowest BCUT2D eigenvalue weighted by Gasteiger charge is -2.21. The topological polar surface area (TPSA) is 125 Å². The summed E-state index contributed by atoms with van der Waals surface area (Å²) in [5.74, 6) is 6.22. The van der Waals surface area contributed by atoms with E-state index in [0.29, 0.717) is 22.5 Å². The first-order valence-corrected chi connectivity index (χ1v) is 12.3. The van der Waals surface area contributed by atoms with Gasteiger partial charge in [-0.2, -0.15) is 10.2 Å². The summed E-state index contributed by atoms with van der Waals surface area (Å²) < 4.78 is 4.92. The molecule has 1 atom stereocenters. The molecule has 4 aromatic rings. The number of allylic oxidation sites excluding steroid dienone is 1. The van der Waals surface area contributed by atoms with Crippen molar-refractivity contribution in [2.45, 2.75) is 31.8 Å². The van der Waals surface area contributed by atoms with Crippen molar-refractivity contribution in [2.24, 2.45) is 19.1 Å². The van der Waals surface area contributed by atoms with Crippen LogP contribution in [0.2, 0.25) is 0 Å². The highest BCUT2D eigenvalue weighted by molar-refractivity contribution is 6.03. The van der Waals surface area contributed by atoms with Crippen molar-refractivity contribution >= 4 is 34.5 Å². The number of rotatable bonds is 6.